The number of likely N-dealkylation sites (N-methyl/N-ethyl adjacent to an activating group) is 1. The number of piperidine rings is 3. The molecule has 4 rings (SSSR count). The van der Waals surface area contributed by atoms with E-state index in [1.807, 2.05) is 0 Å². The van der Waals surface area contributed by atoms with Gasteiger partial charge in [-0.2, -0.15) is 0 Å². The molecule has 0 aromatic heterocycles. The molecule has 0 radical (unpaired) electrons. The van der Waals surface area contributed by atoms with Crippen molar-refractivity contribution in [3.05, 3.63) is 0 Å². The van der Waals surface area contributed by atoms with Crippen LogP contribution < -0.4 is 5.73 Å². The lowest BCUT2D eigenvalue weighted by Crippen LogP contribution is -2.72. The van der Waals surface area contributed by atoms with Crippen molar-refractivity contribution in [2.45, 2.75) is 31.3 Å². The molecule has 2 atom stereocenters. The zero-order valence-corrected chi connectivity index (χ0v) is 11.9. The van der Waals surface area contributed by atoms with Crippen LogP contribution in [0.25, 0.3) is 0 Å². The van der Waals surface area contributed by atoms with Crippen molar-refractivity contribution in [1.82, 2.24) is 14.7 Å². The molecule has 4 nitrogen and oxygen atoms in total. The Kier molecular flexibility index (Phi) is 3.39. The molecule has 0 aromatic rings. The first-order chi connectivity index (χ1) is 8.65. The summed E-state index contributed by atoms with van der Waals surface area (Å²) in [6, 6.07) is 0.664. The van der Waals surface area contributed by atoms with Crippen LogP contribution in [-0.4, -0.2) is 79.1 Å². The lowest BCUT2D eigenvalue weighted by atomic mass is 9.71. The Bertz CT molecular complexity index is 300. The largest absolute Gasteiger partial charge is 0.329 e. The van der Waals surface area contributed by atoms with Gasteiger partial charge in [0, 0.05) is 44.3 Å². The fourth-order valence-electron chi connectivity index (χ4n) is 4.32. The predicted octanol–water partition coefficient (Wildman–Crippen LogP) is 0.0454. The minimum absolute atomic E-state index is 0.284. The highest BCUT2D eigenvalue weighted by molar-refractivity contribution is 5.07. The minimum atomic E-state index is 0.284. The van der Waals surface area contributed by atoms with E-state index in [1.165, 1.54) is 52.1 Å². The quantitative estimate of drug-likeness (QED) is 0.753. The molecule has 4 heterocycles. The predicted molar refractivity (Wildman–Crippen MR) is 74.6 cm³/mol. The number of hydrogen-bond acceptors (Lipinski definition) is 4. The SMILES string of the molecule is CC1CN(C2(CN)CN3CCC2CC3)CCN1C. The van der Waals surface area contributed by atoms with Gasteiger partial charge < -0.3 is 15.5 Å². The van der Waals surface area contributed by atoms with Crippen LogP contribution in [0.4, 0.5) is 0 Å². The van der Waals surface area contributed by atoms with E-state index >= 15 is 0 Å². The Morgan fingerprint density at radius 1 is 1.17 bits per heavy atom. The maximum atomic E-state index is 6.25. The number of piperazine rings is 1. The fourth-order valence-corrected chi connectivity index (χ4v) is 4.32. The molecule has 0 spiro atoms. The van der Waals surface area contributed by atoms with Gasteiger partial charge in [0.05, 0.1) is 0 Å². The van der Waals surface area contributed by atoms with Crippen LogP contribution in [0.15, 0.2) is 0 Å². The zero-order chi connectivity index (χ0) is 12.8. The molecule has 0 amide bonds. The van der Waals surface area contributed by atoms with Crippen molar-refractivity contribution in [2.75, 3.05) is 52.9 Å². The van der Waals surface area contributed by atoms with Gasteiger partial charge in [0.1, 0.15) is 0 Å². The van der Waals surface area contributed by atoms with E-state index in [1.54, 1.807) is 0 Å². The average molecular weight is 252 g/mol. The van der Waals surface area contributed by atoms with Gasteiger partial charge in [0.25, 0.3) is 0 Å². The van der Waals surface area contributed by atoms with Crippen LogP contribution in [0.3, 0.4) is 0 Å². The Balaban J connectivity index is 1.79. The molecule has 4 aliphatic heterocycles. The summed E-state index contributed by atoms with van der Waals surface area (Å²) in [6.45, 7) is 10.6. The third kappa shape index (κ3) is 1.90. The number of fused-ring (bicyclic) bond motifs is 3. The first-order valence-corrected chi connectivity index (χ1v) is 7.53. The van der Waals surface area contributed by atoms with Crippen molar-refractivity contribution in [3.8, 4) is 0 Å². The minimum Gasteiger partial charge on any atom is -0.329 e. The highest BCUT2D eigenvalue weighted by atomic mass is 15.3. The van der Waals surface area contributed by atoms with Crippen molar-refractivity contribution < 1.29 is 0 Å². The second kappa shape index (κ2) is 4.75. The Labute approximate surface area is 111 Å². The Morgan fingerprint density at radius 2 is 1.89 bits per heavy atom. The molecule has 104 valence electrons. The summed E-state index contributed by atoms with van der Waals surface area (Å²) in [6.07, 6.45) is 2.72. The highest BCUT2D eigenvalue weighted by Crippen LogP contribution is 2.39. The first kappa shape index (κ1) is 12.9. The molecule has 2 unspecified atom stereocenters. The number of nitrogens with two attached hydrogens (primary N) is 1. The third-order valence-electron chi connectivity index (χ3n) is 5.79. The van der Waals surface area contributed by atoms with Crippen LogP contribution in [0.1, 0.15) is 19.8 Å². The molecule has 0 saturated carbocycles. The fraction of sp³-hybridized carbons (Fsp3) is 1.00. The van der Waals surface area contributed by atoms with Crippen molar-refractivity contribution >= 4 is 0 Å². The standard InChI is InChI=1S/C14H28N4/c1-12-9-18(8-7-16(12)2)14(10-15)11-17-5-3-13(14)4-6-17/h12-13H,3-11,15H2,1-2H3. The van der Waals surface area contributed by atoms with Gasteiger partial charge >= 0.3 is 0 Å². The van der Waals surface area contributed by atoms with E-state index in [-0.39, 0.29) is 5.54 Å². The van der Waals surface area contributed by atoms with E-state index in [0.717, 1.165) is 12.5 Å². The van der Waals surface area contributed by atoms with Gasteiger partial charge in [-0.3, -0.25) is 4.90 Å². The van der Waals surface area contributed by atoms with E-state index in [0.29, 0.717) is 6.04 Å². The van der Waals surface area contributed by atoms with Crippen molar-refractivity contribution in [2.24, 2.45) is 11.7 Å². The maximum absolute atomic E-state index is 6.25. The van der Waals surface area contributed by atoms with E-state index in [2.05, 4.69) is 28.7 Å². The van der Waals surface area contributed by atoms with Crippen molar-refractivity contribution in [1.29, 1.82) is 0 Å². The van der Waals surface area contributed by atoms with E-state index in [9.17, 15) is 0 Å². The summed E-state index contributed by atoms with van der Waals surface area (Å²) >= 11 is 0. The van der Waals surface area contributed by atoms with E-state index in [4.69, 9.17) is 5.73 Å². The molecule has 4 fully saturated rings. The molecule has 2 N–H and O–H groups in total. The zero-order valence-electron chi connectivity index (χ0n) is 11.9. The highest BCUT2D eigenvalue weighted by Gasteiger charge is 2.50. The maximum Gasteiger partial charge on any atom is 0.0488 e. The van der Waals surface area contributed by atoms with Crippen LogP contribution in [-0.2, 0) is 0 Å². The molecule has 0 aromatic carbocycles. The molecule has 2 bridgehead atoms. The average Bonchev–Trinajstić information content (AvgIpc) is 2.42. The Morgan fingerprint density at radius 3 is 2.39 bits per heavy atom. The molecule has 0 aliphatic carbocycles. The molecule has 4 aliphatic rings. The van der Waals surface area contributed by atoms with Gasteiger partial charge in [0.15, 0.2) is 0 Å². The Hall–Kier alpha value is -0.160. The summed E-state index contributed by atoms with van der Waals surface area (Å²) < 4.78 is 0. The van der Waals surface area contributed by atoms with Gasteiger partial charge in [-0.1, -0.05) is 0 Å². The molecule has 18 heavy (non-hydrogen) atoms. The van der Waals surface area contributed by atoms with Crippen molar-refractivity contribution in [3.63, 3.8) is 0 Å². The molecule has 4 heteroatoms. The summed E-state index contributed by atoms with van der Waals surface area (Å²) in [5.41, 5.74) is 6.54. The lowest BCUT2D eigenvalue weighted by Gasteiger charge is -2.59. The molecule has 4 saturated heterocycles. The molecular formula is C14H28N4. The van der Waals surface area contributed by atoms with Gasteiger partial charge in [-0.25, -0.2) is 0 Å². The van der Waals surface area contributed by atoms with Gasteiger partial charge in [-0.05, 0) is 45.8 Å². The van der Waals surface area contributed by atoms with E-state index < -0.39 is 0 Å². The monoisotopic (exact) mass is 252 g/mol. The summed E-state index contributed by atoms with van der Waals surface area (Å²) in [7, 11) is 2.24. The topological polar surface area (TPSA) is 35.7 Å². The normalized spacial score (nSPS) is 46.5. The second-order valence-corrected chi connectivity index (χ2v) is 6.63. The van der Waals surface area contributed by atoms with Crippen LogP contribution in [0.2, 0.25) is 0 Å². The summed E-state index contributed by atoms with van der Waals surface area (Å²) in [5.74, 6) is 0.836. The van der Waals surface area contributed by atoms with Crippen LogP contribution >= 0.6 is 0 Å². The second-order valence-electron chi connectivity index (χ2n) is 6.63. The lowest BCUT2D eigenvalue weighted by molar-refractivity contribution is -0.0887. The number of nitrogens with zero attached hydrogens (tertiary/aromatic N) is 3. The molecular weight excluding hydrogens is 224 g/mol. The number of hydrogen-bond donors (Lipinski definition) is 1. The summed E-state index contributed by atoms with van der Waals surface area (Å²) in [5, 5.41) is 0. The third-order valence-corrected chi connectivity index (χ3v) is 5.79. The van der Waals surface area contributed by atoms with Gasteiger partial charge in [-0.15, -0.1) is 0 Å². The first-order valence-electron chi connectivity index (χ1n) is 7.53. The van der Waals surface area contributed by atoms with Crippen LogP contribution in [0, 0.1) is 5.92 Å². The summed E-state index contributed by atoms with van der Waals surface area (Å²) in [4.78, 5) is 7.84. The number of rotatable bonds is 2. The smallest absolute Gasteiger partial charge is 0.0488 e. The van der Waals surface area contributed by atoms with Gasteiger partial charge in [0.2, 0.25) is 0 Å². The van der Waals surface area contributed by atoms with Crippen LogP contribution in [0.5, 0.6) is 0 Å².